The highest BCUT2D eigenvalue weighted by Crippen LogP contribution is 2.22. The number of carbonyl (C=O) groups excluding carboxylic acids is 1. The Kier molecular flexibility index (Phi) is 13.0. The Hall–Kier alpha value is -2.03. The van der Waals surface area contributed by atoms with Gasteiger partial charge in [0.15, 0.2) is 0 Å². The number of hydrazine groups is 1. The molecule has 0 aromatic carbocycles. The predicted molar refractivity (Wildman–Crippen MR) is 116 cm³/mol. The van der Waals surface area contributed by atoms with Crippen LogP contribution in [0.4, 0.5) is 0 Å². The van der Waals surface area contributed by atoms with Crippen LogP contribution in [0.3, 0.4) is 0 Å². The third kappa shape index (κ3) is 15.1. The van der Waals surface area contributed by atoms with E-state index in [1.54, 1.807) is 0 Å². The van der Waals surface area contributed by atoms with Gasteiger partial charge in [0.05, 0.1) is 13.5 Å². The van der Waals surface area contributed by atoms with Crippen molar-refractivity contribution >= 4 is 17.4 Å². The lowest BCUT2D eigenvalue weighted by molar-refractivity contribution is -0.140. The second kappa shape index (κ2) is 14.0. The Morgan fingerprint density at radius 3 is 1.93 bits per heavy atom. The molecule has 28 heavy (non-hydrogen) atoms. The summed E-state index contributed by atoms with van der Waals surface area (Å²) in [5, 5.41) is 13.8. The minimum Gasteiger partial charge on any atom is -0.469 e. The van der Waals surface area contributed by atoms with Crippen LogP contribution in [0.5, 0.6) is 0 Å². The van der Waals surface area contributed by atoms with Crippen LogP contribution in [0, 0.1) is 10.8 Å². The van der Waals surface area contributed by atoms with Crippen molar-refractivity contribution in [2.75, 3.05) is 53.9 Å². The van der Waals surface area contributed by atoms with Crippen molar-refractivity contribution in [3.05, 3.63) is 23.9 Å². The maximum absolute atomic E-state index is 10.5. The summed E-state index contributed by atoms with van der Waals surface area (Å²) in [4.78, 5) is 14.7. The minimum atomic E-state index is -0.109. The Morgan fingerprint density at radius 1 is 1.21 bits per heavy atom. The zero-order valence-corrected chi connectivity index (χ0v) is 16.9. The first-order chi connectivity index (χ1) is 12.8. The fraction of sp³-hybridized carbons (Fsp3) is 0.650. The van der Waals surface area contributed by atoms with Crippen LogP contribution >= 0.6 is 0 Å². The van der Waals surface area contributed by atoms with E-state index in [1.165, 1.54) is 19.1 Å². The molecule has 2 heterocycles. The fourth-order valence-corrected chi connectivity index (χ4v) is 1.84. The number of rotatable bonds is 4. The third-order valence-corrected chi connectivity index (χ3v) is 3.86. The molecular weight excluding hydrogens is 356 g/mol. The molecule has 4 fully saturated rings. The highest BCUT2D eigenvalue weighted by atomic mass is 16.5. The molecule has 0 unspecified atom stereocenters. The highest BCUT2D eigenvalue weighted by Gasteiger charge is 2.20. The summed E-state index contributed by atoms with van der Waals surface area (Å²) in [6, 6.07) is 0. The van der Waals surface area contributed by atoms with Crippen LogP contribution in [0.1, 0.15) is 33.1 Å². The molecule has 0 amide bonds. The van der Waals surface area contributed by atoms with Gasteiger partial charge in [-0.15, -0.1) is 0 Å². The number of nitrogens with zero attached hydrogens (tertiary/aromatic N) is 2. The summed E-state index contributed by atoms with van der Waals surface area (Å²) in [6.45, 7) is 8.97. The summed E-state index contributed by atoms with van der Waals surface area (Å²) in [5.74, 6) is -0.109. The molecule has 4 rings (SSSR count). The lowest BCUT2D eigenvalue weighted by Crippen LogP contribution is -2.21. The van der Waals surface area contributed by atoms with Crippen LogP contribution in [-0.4, -0.2) is 81.1 Å². The number of ether oxygens (including phenoxy) is 1. The SMILES string of the molecule is C.C1CNNC1.C=C1CC1=N.CN(C)/C=C1\CC1=N.COC(=O)CCN1CC1. The Morgan fingerprint density at radius 2 is 1.71 bits per heavy atom. The molecule has 0 aromatic rings. The van der Waals surface area contributed by atoms with Gasteiger partial charge >= 0.3 is 5.97 Å². The molecule has 160 valence electrons. The Balaban J connectivity index is 0.000000353. The molecular formula is C20H38N6O2. The molecule has 0 spiro atoms. The van der Waals surface area contributed by atoms with E-state index in [0.29, 0.717) is 6.42 Å². The van der Waals surface area contributed by atoms with Gasteiger partial charge in [-0.2, -0.15) is 0 Å². The zero-order valence-electron chi connectivity index (χ0n) is 16.9. The number of carbonyl (C=O) groups is 1. The van der Waals surface area contributed by atoms with Gasteiger partial charge in [0.2, 0.25) is 0 Å². The van der Waals surface area contributed by atoms with E-state index >= 15 is 0 Å². The molecule has 2 aliphatic carbocycles. The molecule has 2 aliphatic heterocycles. The molecule has 0 aromatic heterocycles. The van der Waals surface area contributed by atoms with E-state index < -0.39 is 0 Å². The number of nitrogens with one attached hydrogen (secondary N) is 4. The van der Waals surface area contributed by atoms with E-state index in [1.807, 2.05) is 25.2 Å². The van der Waals surface area contributed by atoms with Crippen molar-refractivity contribution in [1.82, 2.24) is 20.7 Å². The minimum absolute atomic E-state index is 0. The summed E-state index contributed by atoms with van der Waals surface area (Å²) < 4.78 is 4.46. The summed E-state index contributed by atoms with van der Waals surface area (Å²) in [6.07, 6.45) is 5.57. The number of esters is 1. The van der Waals surface area contributed by atoms with Gasteiger partial charge in [0.1, 0.15) is 0 Å². The number of hydrogen-bond donors (Lipinski definition) is 4. The van der Waals surface area contributed by atoms with Gasteiger partial charge in [0.25, 0.3) is 0 Å². The van der Waals surface area contributed by atoms with Crippen LogP contribution in [0.15, 0.2) is 23.9 Å². The zero-order chi connectivity index (χ0) is 20.2. The lowest BCUT2D eigenvalue weighted by Gasteiger charge is -2.00. The van der Waals surface area contributed by atoms with E-state index in [2.05, 4.69) is 27.1 Å². The first-order valence-corrected chi connectivity index (χ1v) is 9.28. The largest absolute Gasteiger partial charge is 0.469 e. The third-order valence-electron chi connectivity index (χ3n) is 3.86. The normalized spacial score (nSPS) is 19.7. The maximum Gasteiger partial charge on any atom is 0.306 e. The smallest absolute Gasteiger partial charge is 0.306 e. The summed E-state index contributed by atoms with van der Waals surface area (Å²) in [7, 11) is 5.36. The van der Waals surface area contributed by atoms with Gasteiger partial charge < -0.3 is 25.4 Å². The lowest BCUT2D eigenvalue weighted by atomic mass is 10.4. The van der Waals surface area contributed by atoms with Crippen molar-refractivity contribution in [2.45, 2.75) is 33.1 Å². The quantitative estimate of drug-likeness (QED) is 0.428. The molecule has 8 heteroatoms. The van der Waals surface area contributed by atoms with E-state index in [4.69, 9.17) is 10.8 Å². The monoisotopic (exact) mass is 394 g/mol. The fourth-order valence-electron chi connectivity index (χ4n) is 1.84. The second-order valence-electron chi connectivity index (χ2n) is 6.91. The maximum atomic E-state index is 10.5. The first-order valence-electron chi connectivity index (χ1n) is 9.28. The average Bonchev–Trinajstić information content (AvgIpc) is 3.59. The first kappa shape index (κ1) is 26.0. The molecule has 4 N–H and O–H groups in total. The summed E-state index contributed by atoms with van der Waals surface area (Å²) in [5.41, 5.74) is 9.64. The number of methoxy groups -OCH3 is 1. The van der Waals surface area contributed by atoms with Crippen molar-refractivity contribution in [2.24, 2.45) is 0 Å². The van der Waals surface area contributed by atoms with Crippen LogP contribution in [0.25, 0.3) is 0 Å². The van der Waals surface area contributed by atoms with Crippen molar-refractivity contribution < 1.29 is 9.53 Å². The number of allylic oxidation sites excluding steroid dienone is 2. The van der Waals surface area contributed by atoms with E-state index in [-0.39, 0.29) is 13.4 Å². The average molecular weight is 395 g/mol. The van der Waals surface area contributed by atoms with E-state index in [0.717, 1.165) is 62.6 Å². The van der Waals surface area contributed by atoms with Crippen molar-refractivity contribution in [3.8, 4) is 0 Å². The molecule has 0 radical (unpaired) electrons. The van der Waals surface area contributed by atoms with Gasteiger partial charge in [-0.05, 0) is 17.6 Å². The topological polar surface area (TPSA) is 104 Å². The standard InChI is InChI=1S/C6H10N2.C6H11NO2.C4H5N.C3H8N2.CH4/c1-8(2)4-5-3-6(5)7;1-9-6(8)2-3-7-4-5-7;1-3-2-4(3)5;1-2-4-5-3-1;/h4,7H,3H2,1-2H3;2-5H2,1H3;5H,1-2H2;4-5H,1-3H2;1H4/b5-4+,7-6?;;;;. The van der Waals surface area contributed by atoms with Gasteiger partial charge in [-0.1, -0.05) is 14.0 Å². The molecule has 4 aliphatic rings. The van der Waals surface area contributed by atoms with Gasteiger partial charge in [-0.3, -0.25) is 15.6 Å². The molecule has 8 nitrogen and oxygen atoms in total. The number of hydrogen-bond acceptors (Lipinski definition) is 8. The molecule has 0 bridgehead atoms. The van der Waals surface area contributed by atoms with Crippen molar-refractivity contribution in [3.63, 3.8) is 0 Å². The van der Waals surface area contributed by atoms with Crippen molar-refractivity contribution in [1.29, 1.82) is 10.8 Å². The van der Waals surface area contributed by atoms with Crippen LogP contribution in [-0.2, 0) is 9.53 Å². The predicted octanol–water partition coefficient (Wildman–Crippen LogP) is 1.81. The molecule has 2 saturated heterocycles. The molecule has 2 saturated carbocycles. The Labute approximate surface area is 170 Å². The second-order valence-corrected chi connectivity index (χ2v) is 6.91. The molecule has 0 atom stereocenters. The van der Waals surface area contributed by atoms with Gasteiger partial charge in [0, 0.05) is 77.3 Å². The summed E-state index contributed by atoms with van der Waals surface area (Å²) >= 11 is 0. The van der Waals surface area contributed by atoms with Gasteiger partial charge in [-0.25, -0.2) is 0 Å². The van der Waals surface area contributed by atoms with Crippen LogP contribution in [0.2, 0.25) is 0 Å². The van der Waals surface area contributed by atoms with Crippen LogP contribution < -0.4 is 10.9 Å². The van der Waals surface area contributed by atoms with E-state index in [9.17, 15) is 4.79 Å². The Bertz CT molecular complexity index is 543. The highest BCUT2D eigenvalue weighted by molar-refractivity contribution is 6.15.